The molecule has 2 aromatic rings. The Morgan fingerprint density at radius 1 is 1.15 bits per heavy atom. The fourth-order valence-electron chi connectivity index (χ4n) is 3.40. The fraction of sp³-hybridized carbons (Fsp3) is 0.438. The molecule has 2 aliphatic heterocycles. The Labute approximate surface area is 118 Å². The van der Waals surface area contributed by atoms with Crippen LogP contribution in [0.25, 0.3) is 11.5 Å². The van der Waals surface area contributed by atoms with Crippen LogP contribution in [0.2, 0.25) is 0 Å². The lowest BCUT2D eigenvalue weighted by molar-refractivity contribution is 0.302. The van der Waals surface area contributed by atoms with E-state index in [-0.39, 0.29) is 0 Å². The zero-order chi connectivity index (χ0) is 13.4. The standard InChI is InChI=1S/C16H19N3O/c1-2-4-12(5-3-1)16-18-15(11-20-16)10-19-8-13-6-17-7-14(13)9-19/h1-5,11,13-14,17H,6-10H2. The quantitative estimate of drug-likeness (QED) is 0.925. The Bertz CT molecular complexity index is 568. The van der Waals surface area contributed by atoms with Crippen LogP contribution in [0, 0.1) is 11.8 Å². The molecule has 3 heterocycles. The normalized spacial score (nSPS) is 26.0. The maximum absolute atomic E-state index is 5.60. The van der Waals surface area contributed by atoms with E-state index in [1.54, 1.807) is 6.26 Å². The van der Waals surface area contributed by atoms with Gasteiger partial charge in [-0.15, -0.1) is 0 Å². The van der Waals surface area contributed by atoms with Gasteiger partial charge in [0.1, 0.15) is 6.26 Å². The van der Waals surface area contributed by atoms with Crippen LogP contribution in [0.5, 0.6) is 0 Å². The van der Waals surface area contributed by atoms with Crippen molar-refractivity contribution >= 4 is 0 Å². The summed E-state index contributed by atoms with van der Waals surface area (Å²) in [6, 6.07) is 10.1. The molecule has 0 spiro atoms. The maximum atomic E-state index is 5.60. The molecule has 0 radical (unpaired) electrons. The predicted molar refractivity (Wildman–Crippen MR) is 77.1 cm³/mol. The van der Waals surface area contributed by atoms with Gasteiger partial charge in [-0.3, -0.25) is 4.90 Å². The molecule has 2 unspecified atom stereocenters. The largest absolute Gasteiger partial charge is 0.444 e. The summed E-state index contributed by atoms with van der Waals surface area (Å²) in [5.74, 6) is 2.38. The number of nitrogens with zero attached hydrogens (tertiary/aromatic N) is 2. The Kier molecular flexibility index (Phi) is 3.05. The second-order valence-corrected chi connectivity index (χ2v) is 5.88. The summed E-state index contributed by atoms with van der Waals surface area (Å²) in [5.41, 5.74) is 2.08. The minimum Gasteiger partial charge on any atom is -0.444 e. The zero-order valence-electron chi connectivity index (χ0n) is 11.5. The van der Waals surface area contributed by atoms with Crippen molar-refractivity contribution in [1.29, 1.82) is 0 Å². The molecule has 4 heteroatoms. The number of likely N-dealkylation sites (tertiary alicyclic amines) is 1. The van der Waals surface area contributed by atoms with Crippen LogP contribution < -0.4 is 5.32 Å². The van der Waals surface area contributed by atoms with Crippen molar-refractivity contribution in [3.63, 3.8) is 0 Å². The van der Waals surface area contributed by atoms with Crippen molar-refractivity contribution < 1.29 is 4.42 Å². The van der Waals surface area contributed by atoms with Crippen molar-refractivity contribution in [3.05, 3.63) is 42.3 Å². The van der Waals surface area contributed by atoms with Gasteiger partial charge in [0.05, 0.1) is 5.69 Å². The number of rotatable bonds is 3. The third kappa shape index (κ3) is 2.25. The van der Waals surface area contributed by atoms with E-state index in [1.807, 2.05) is 30.3 Å². The predicted octanol–water partition coefficient (Wildman–Crippen LogP) is 1.99. The van der Waals surface area contributed by atoms with E-state index in [1.165, 1.54) is 26.2 Å². The molecule has 4 rings (SSSR count). The van der Waals surface area contributed by atoms with Gasteiger partial charge in [-0.25, -0.2) is 4.98 Å². The molecule has 1 aromatic carbocycles. The Balaban J connectivity index is 1.44. The highest BCUT2D eigenvalue weighted by atomic mass is 16.3. The molecule has 4 nitrogen and oxygen atoms in total. The Morgan fingerprint density at radius 2 is 1.90 bits per heavy atom. The molecule has 1 N–H and O–H groups in total. The van der Waals surface area contributed by atoms with Crippen LogP contribution in [-0.4, -0.2) is 36.1 Å². The van der Waals surface area contributed by atoms with Gasteiger partial charge in [-0.1, -0.05) is 18.2 Å². The van der Waals surface area contributed by atoms with E-state index in [9.17, 15) is 0 Å². The molecule has 2 aliphatic rings. The molecular formula is C16H19N3O. The molecule has 0 bridgehead atoms. The van der Waals surface area contributed by atoms with E-state index in [2.05, 4.69) is 15.2 Å². The number of aromatic nitrogens is 1. The van der Waals surface area contributed by atoms with Crippen molar-refractivity contribution in [1.82, 2.24) is 15.2 Å². The molecule has 2 atom stereocenters. The summed E-state index contributed by atoms with van der Waals surface area (Å²) in [4.78, 5) is 7.12. The van der Waals surface area contributed by atoms with Crippen LogP contribution in [-0.2, 0) is 6.54 Å². The minimum absolute atomic E-state index is 0.724. The second kappa shape index (κ2) is 5.04. The van der Waals surface area contributed by atoms with E-state index in [0.29, 0.717) is 0 Å². The number of hydrogen-bond acceptors (Lipinski definition) is 4. The first-order valence-corrected chi connectivity index (χ1v) is 7.31. The van der Waals surface area contributed by atoms with Gasteiger partial charge in [0.25, 0.3) is 0 Å². The van der Waals surface area contributed by atoms with Gasteiger partial charge in [-0.2, -0.15) is 0 Å². The van der Waals surface area contributed by atoms with Crippen LogP contribution in [0.15, 0.2) is 41.0 Å². The first kappa shape index (κ1) is 12.1. The molecule has 0 saturated carbocycles. The molecule has 20 heavy (non-hydrogen) atoms. The number of oxazole rings is 1. The third-order valence-electron chi connectivity index (χ3n) is 4.42. The van der Waals surface area contributed by atoms with Crippen LogP contribution >= 0.6 is 0 Å². The molecule has 104 valence electrons. The van der Waals surface area contributed by atoms with E-state index in [0.717, 1.165) is 35.5 Å². The molecule has 2 saturated heterocycles. The van der Waals surface area contributed by atoms with Gasteiger partial charge in [-0.05, 0) is 37.1 Å². The summed E-state index contributed by atoms with van der Waals surface area (Å²) in [6.45, 7) is 5.63. The van der Waals surface area contributed by atoms with Gasteiger partial charge in [0.2, 0.25) is 5.89 Å². The van der Waals surface area contributed by atoms with Crippen molar-refractivity contribution in [3.8, 4) is 11.5 Å². The first-order chi connectivity index (χ1) is 9.88. The lowest BCUT2D eigenvalue weighted by Gasteiger charge is -2.14. The van der Waals surface area contributed by atoms with Crippen LogP contribution in [0.1, 0.15) is 5.69 Å². The van der Waals surface area contributed by atoms with Gasteiger partial charge in [0, 0.05) is 25.2 Å². The Hall–Kier alpha value is -1.65. The van der Waals surface area contributed by atoms with Crippen molar-refractivity contribution in [2.75, 3.05) is 26.2 Å². The average molecular weight is 269 g/mol. The first-order valence-electron chi connectivity index (χ1n) is 7.31. The smallest absolute Gasteiger partial charge is 0.226 e. The summed E-state index contributed by atoms with van der Waals surface area (Å²) < 4.78 is 5.60. The molecule has 0 amide bonds. The minimum atomic E-state index is 0.724. The summed E-state index contributed by atoms with van der Waals surface area (Å²) in [5, 5.41) is 3.47. The van der Waals surface area contributed by atoms with Crippen LogP contribution in [0.3, 0.4) is 0 Å². The van der Waals surface area contributed by atoms with Crippen LogP contribution in [0.4, 0.5) is 0 Å². The summed E-state index contributed by atoms with van der Waals surface area (Å²) in [7, 11) is 0. The third-order valence-corrected chi connectivity index (χ3v) is 4.42. The average Bonchev–Trinajstić information content (AvgIpc) is 3.16. The van der Waals surface area contributed by atoms with E-state index >= 15 is 0 Å². The lowest BCUT2D eigenvalue weighted by Crippen LogP contribution is -2.25. The fourth-order valence-corrected chi connectivity index (χ4v) is 3.40. The van der Waals surface area contributed by atoms with E-state index < -0.39 is 0 Å². The molecule has 1 aromatic heterocycles. The summed E-state index contributed by atoms with van der Waals surface area (Å²) in [6.07, 6.45) is 1.80. The number of fused-ring (bicyclic) bond motifs is 1. The highest BCUT2D eigenvalue weighted by Crippen LogP contribution is 2.27. The maximum Gasteiger partial charge on any atom is 0.226 e. The Morgan fingerprint density at radius 3 is 2.65 bits per heavy atom. The monoisotopic (exact) mass is 269 g/mol. The zero-order valence-corrected chi connectivity index (χ0v) is 11.5. The molecular weight excluding hydrogens is 250 g/mol. The van der Waals surface area contributed by atoms with Crippen molar-refractivity contribution in [2.45, 2.75) is 6.54 Å². The SMILES string of the molecule is c1ccc(-c2nc(CN3CC4CNCC4C3)co2)cc1. The molecule has 2 fully saturated rings. The van der Waals surface area contributed by atoms with E-state index in [4.69, 9.17) is 4.42 Å². The summed E-state index contributed by atoms with van der Waals surface area (Å²) >= 11 is 0. The van der Waals surface area contributed by atoms with Gasteiger partial charge in [0.15, 0.2) is 0 Å². The van der Waals surface area contributed by atoms with Gasteiger partial charge >= 0.3 is 0 Å². The van der Waals surface area contributed by atoms with Gasteiger partial charge < -0.3 is 9.73 Å². The topological polar surface area (TPSA) is 41.3 Å². The molecule has 0 aliphatic carbocycles. The number of nitrogens with one attached hydrogen (secondary N) is 1. The number of hydrogen-bond donors (Lipinski definition) is 1. The highest BCUT2D eigenvalue weighted by Gasteiger charge is 2.36. The highest BCUT2D eigenvalue weighted by molar-refractivity contribution is 5.52. The van der Waals surface area contributed by atoms with Crippen molar-refractivity contribution in [2.24, 2.45) is 11.8 Å². The number of benzene rings is 1. The second-order valence-electron chi connectivity index (χ2n) is 5.88. The lowest BCUT2D eigenvalue weighted by atomic mass is 10.0.